The van der Waals surface area contributed by atoms with Crippen molar-refractivity contribution >= 4 is 34.4 Å². The van der Waals surface area contributed by atoms with Gasteiger partial charge in [-0.3, -0.25) is 0 Å². The summed E-state index contributed by atoms with van der Waals surface area (Å²) in [5.41, 5.74) is 0.229. The number of benzene rings is 1. The van der Waals surface area contributed by atoms with Crippen molar-refractivity contribution in [1.29, 1.82) is 0 Å². The topological polar surface area (TPSA) is 3.24 Å². The molecule has 0 atom stereocenters. The fraction of sp³-hybridized carbons (Fsp3) is 0. The normalized spacial score (nSPS) is 9.50. The predicted molar refractivity (Wildman–Crippen MR) is 51.3 cm³/mol. The van der Waals surface area contributed by atoms with Crippen LogP contribution in [0.25, 0.3) is 0 Å². The van der Waals surface area contributed by atoms with E-state index in [1.807, 2.05) is 0 Å². The highest BCUT2D eigenvalue weighted by atomic mass is 32.2. The maximum atomic E-state index is 13.0. The van der Waals surface area contributed by atoms with Crippen LogP contribution in [-0.4, -0.2) is 4.32 Å². The minimum Gasteiger partial charge on any atom is -0.160 e. The number of anilines is 1. The molecule has 12 heavy (non-hydrogen) atoms. The molecule has 5 heteroatoms. The first-order valence-corrected chi connectivity index (χ1v) is 4.21. The van der Waals surface area contributed by atoms with E-state index in [0.29, 0.717) is 0 Å². The number of nitrogens with zero attached hydrogens (tertiary/aromatic N) is 1. The lowest BCUT2D eigenvalue weighted by molar-refractivity contribution is 0.528. The summed E-state index contributed by atoms with van der Waals surface area (Å²) in [6, 6.07) is 8.04. The summed E-state index contributed by atoms with van der Waals surface area (Å²) in [6.45, 7) is 0. The number of hydrogen-bond acceptors (Lipinski definition) is 2. The Labute approximate surface area is 78.6 Å². The Morgan fingerprint density at radius 1 is 1.33 bits per heavy atom. The fourth-order valence-electron chi connectivity index (χ4n) is 0.695. The molecule has 0 radical (unpaired) electrons. The zero-order chi connectivity index (χ0) is 8.97. The van der Waals surface area contributed by atoms with Gasteiger partial charge in [0.25, 0.3) is 0 Å². The third-order valence-corrected chi connectivity index (χ3v) is 1.85. The molecule has 64 valence electrons. The lowest BCUT2D eigenvalue weighted by atomic mass is 10.3. The Bertz CT molecular complexity index is 265. The van der Waals surface area contributed by atoms with E-state index < -0.39 is 4.32 Å². The van der Waals surface area contributed by atoms with Gasteiger partial charge in [-0.05, 0) is 24.4 Å². The Kier molecular flexibility index (Phi) is 3.43. The van der Waals surface area contributed by atoms with E-state index in [0.717, 1.165) is 0 Å². The third kappa shape index (κ3) is 2.15. The van der Waals surface area contributed by atoms with Crippen LogP contribution in [0.2, 0.25) is 0 Å². The summed E-state index contributed by atoms with van der Waals surface area (Å²) < 4.78 is 24.3. The summed E-state index contributed by atoms with van der Waals surface area (Å²) in [7, 11) is 0. The van der Waals surface area contributed by atoms with E-state index in [-0.39, 0.29) is 23.0 Å². The summed E-state index contributed by atoms with van der Waals surface area (Å²) in [4.78, 5) is 0. The minimum absolute atomic E-state index is 0.125. The molecule has 0 spiro atoms. The molecule has 0 unspecified atom stereocenters. The molecule has 0 N–H and O–H groups in total. The number of hydrogen-bond donors (Lipinski definition) is 0. The van der Waals surface area contributed by atoms with E-state index in [4.69, 9.17) is 0 Å². The molecule has 0 amide bonds. The molecule has 1 rings (SSSR count). The largest absolute Gasteiger partial charge is 0.203 e. The summed E-state index contributed by atoms with van der Waals surface area (Å²) >= 11 is 4.11. The molecular weight excluding hydrogens is 200 g/mol. The van der Waals surface area contributed by atoms with Crippen LogP contribution in [0.4, 0.5) is 14.1 Å². The van der Waals surface area contributed by atoms with Crippen LogP contribution >= 0.6 is 24.4 Å². The molecule has 1 aromatic rings. The van der Waals surface area contributed by atoms with Crippen molar-refractivity contribution in [3.05, 3.63) is 30.3 Å². The Morgan fingerprint density at radius 2 is 1.92 bits per heavy atom. The first kappa shape index (κ1) is 9.41. The monoisotopic (exact) mass is 205 g/mol. The van der Waals surface area contributed by atoms with Gasteiger partial charge in [-0.1, -0.05) is 22.7 Å². The summed E-state index contributed by atoms with van der Waals surface area (Å²) in [6.07, 6.45) is 0. The van der Waals surface area contributed by atoms with Gasteiger partial charge in [0, 0.05) is 0 Å². The number of halogens is 2. The van der Waals surface area contributed by atoms with E-state index in [1.165, 1.54) is 12.1 Å². The van der Waals surface area contributed by atoms with Crippen LogP contribution in [0.1, 0.15) is 0 Å². The van der Waals surface area contributed by atoms with Gasteiger partial charge in [0.1, 0.15) is 12.1 Å². The fourth-order valence-corrected chi connectivity index (χ4v) is 0.966. The van der Waals surface area contributed by atoms with Gasteiger partial charge in [-0.15, -0.1) is 0 Å². The zero-order valence-corrected chi connectivity index (χ0v) is 7.54. The van der Waals surface area contributed by atoms with Gasteiger partial charge in [0.2, 0.25) is 4.32 Å². The van der Waals surface area contributed by atoms with E-state index in [2.05, 4.69) is 12.2 Å². The predicted octanol–water partition coefficient (Wildman–Crippen LogP) is 3.28. The smallest absolute Gasteiger partial charge is 0.160 e. The molecule has 0 aliphatic carbocycles. The zero-order valence-electron chi connectivity index (χ0n) is 5.91. The quantitative estimate of drug-likeness (QED) is 0.511. The second-order valence-electron chi connectivity index (χ2n) is 1.96. The summed E-state index contributed by atoms with van der Waals surface area (Å²) in [5.74, 6) is 0. The number of thiocarbonyl (C=S) groups is 1. The lowest BCUT2D eigenvalue weighted by Gasteiger charge is -2.09. The van der Waals surface area contributed by atoms with Crippen molar-refractivity contribution in [2.24, 2.45) is 0 Å². The van der Waals surface area contributed by atoms with Crippen LogP contribution in [0.5, 0.6) is 0 Å². The molecular formula is C7H5F2NS2. The highest BCUT2D eigenvalue weighted by Crippen LogP contribution is 2.19. The highest BCUT2D eigenvalue weighted by molar-refractivity contribution is 8.20. The number of rotatable bonds is 1. The van der Waals surface area contributed by atoms with Crippen LogP contribution in [0.15, 0.2) is 30.3 Å². The second-order valence-corrected chi connectivity index (χ2v) is 3.15. The Balaban J connectivity index is 2.78. The maximum Gasteiger partial charge on any atom is 0.203 e. The van der Waals surface area contributed by atoms with Gasteiger partial charge < -0.3 is 0 Å². The molecule has 1 nitrogen and oxygen atoms in total. The standard InChI is InChI=1S/C7H5F2NS2/c8-10(7(11)12-9)6-4-2-1-3-5-6/h1-5H. The van der Waals surface area contributed by atoms with E-state index in [9.17, 15) is 8.37 Å². The molecule has 1 aromatic carbocycles. The van der Waals surface area contributed by atoms with Crippen LogP contribution in [0, 0.1) is 0 Å². The molecule has 0 aliphatic rings. The third-order valence-electron chi connectivity index (χ3n) is 1.21. The highest BCUT2D eigenvalue weighted by Gasteiger charge is 2.10. The first-order valence-electron chi connectivity index (χ1n) is 3.09. The van der Waals surface area contributed by atoms with Crippen molar-refractivity contribution < 1.29 is 8.37 Å². The average Bonchev–Trinajstić information content (AvgIpc) is 2.17. The molecule has 0 heterocycles. The van der Waals surface area contributed by atoms with E-state index >= 15 is 0 Å². The maximum absolute atomic E-state index is 13.0. The molecule has 0 aliphatic heterocycles. The van der Waals surface area contributed by atoms with Gasteiger partial charge in [-0.2, -0.15) is 9.01 Å². The second kappa shape index (κ2) is 4.37. The van der Waals surface area contributed by atoms with Gasteiger partial charge >= 0.3 is 0 Å². The van der Waals surface area contributed by atoms with Crippen molar-refractivity contribution in [3.8, 4) is 0 Å². The minimum atomic E-state index is -0.443. The molecule has 0 fully saturated rings. The average molecular weight is 205 g/mol. The van der Waals surface area contributed by atoms with Crippen LogP contribution in [0.3, 0.4) is 0 Å². The van der Waals surface area contributed by atoms with Crippen molar-refractivity contribution in [3.63, 3.8) is 0 Å². The van der Waals surface area contributed by atoms with E-state index in [1.54, 1.807) is 18.2 Å². The molecule has 0 saturated heterocycles. The SMILES string of the molecule is FSC(=S)N(F)c1ccccc1. The van der Waals surface area contributed by atoms with Gasteiger partial charge in [0.15, 0.2) is 0 Å². The Hall–Kier alpha value is -0.680. The molecule has 0 aromatic heterocycles. The van der Waals surface area contributed by atoms with Crippen LogP contribution < -0.4 is 5.12 Å². The van der Waals surface area contributed by atoms with Gasteiger partial charge in [-0.25, -0.2) is 0 Å². The number of para-hydroxylation sites is 1. The van der Waals surface area contributed by atoms with Crippen LogP contribution in [-0.2, 0) is 0 Å². The lowest BCUT2D eigenvalue weighted by Crippen LogP contribution is -2.14. The van der Waals surface area contributed by atoms with Crippen molar-refractivity contribution in [2.45, 2.75) is 0 Å². The van der Waals surface area contributed by atoms with Crippen molar-refractivity contribution in [1.82, 2.24) is 0 Å². The van der Waals surface area contributed by atoms with Crippen molar-refractivity contribution in [2.75, 3.05) is 5.12 Å². The molecule has 0 bridgehead atoms. The Morgan fingerprint density at radius 3 is 2.42 bits per heavy atom. The molecule has 0 saturated carbocycles. The first-order chi connectivity index (χ1) is 5.75. The summed E-state index contributed by atoms with van der Waals surface area (Å²) in [5, 5.41) is 0.125. The van der Waals surface area contributed by atoms with Gasteiger partial charge in [0.05, 0.1) is 5.69 Å².